The highest BCUT2D eigenvalue weighted by Gasteiger charge is 2.23. The molecule has 10 aromatic rings. The Morgan fingerprint density at radius 3 is 2.07 bits per heavy atom. The van der Waals surface area contributed by atoms with Crippen LogP contribution in [0, 0.1) is 0 Å². The van der Waals surface area contributed by atoms with Gasteiger partial charge in [-0.15, -0.1) is 0 Å². The molecule has 0 unspecified atom stereocenters. The Hall–Kier alpha value is -6.33. The predicted molar refractivity (Wildman–Crippen MR) is 186 cm³/mol. The first-order valence-corrected chi connectivity index (χ1v) is 15.3. The Kier molecular flexibility index (Phi) is 5.22. The minimum atomic E-state index is 0.560. The van der Waals surface area contributed by atoms with Gasteiger partial charge in [0.1, 0.15) is 27.8 Å². The van der Waals surface area contributed by atoms with Gasteiger partial charge in [-0.25, -0.2) is 4.98 Å². The second-order valence-electron chi connectivity index (χ2n) is 11.5. The zero-order chi connectivity index (χ0) is 30.2. The number of aromatic nitrogens is 1. The van der Waals surface area contributed by atoms with E-state index in [-0.39, 0.29) is 0 Å². The minimum absolute atomic E-state index is 0.560. The van der Waals surface area contributed by atoms with Gasteiger partial charge in [-0.05, 0) is 66.0 Å². The number of anilines is 3. The number of nitrogens with zero attached hydrogens (tertiary/aromatic N) is 2. The third-order valence-electron chi connectivity index (χ3n) is 8.89. The summed E-state index contributed by atoms with van der Waals surface area (Å²) >= 11 is 0. The molecule has 7 aromatic carbocycles. The molecule has 0 saturated carbocycles. The van der Waals surface area contributed by atoms with Gasteiger partial charge in [0, 0.05) is 44.5 Å². The molecule has 0 radical (unpaired) electrons. The standard InChI is InChI=1S/C41H24N2O3/c1-2-11-26(12-3-1)43(27-21-22-30-29-14-6-7-17-33(29)44-37(30)24-27)32-16-9-19-35-39(32)38-31(15-8-18-34(38)45-35)41-42-40-28-13-5-4-10-25(28)20-23-36(40)46-41/h1-24H. The summed E-state index contributed by atoms with van der Waals surface area (Å²) < 4.78 is 19.3. The van der Waals surface area contributed by atoms with Crippen molar-refractivity contribution >= 4 is 82.8 Å². The molecule has 5 heteroatoms. The molecule has 216 valence electrons. The SMILES string of the molecule is c1ccc(N(c2ccc3c(c2)oc2ccccc23)c2cccc3oc4cccc(-c5nc6c(ccc7ccccc76)o5)c4c23)cc1. The van der Waals surface area contributed by atoms with Gasteiger partial charge in [0.25, 0.3) is 0 Å². The summed E-state index contributed by atoms with van der Waals surface area (Å²) in [5, 5.41) is 6.32. The number of rotatable bonds is 4. The zero-order valence-electron chi connectivity index (χ0n) is 24.5. The van der Waals surface area contributed by atoms with Crippen LogP contribution in [0.25, 0.3) is 77.2 Å². The van der Waals surface area contributed by atoms with E-state index in [1.807, 2.05) is 66.7 Å². The normalized spacial score (nSPS) is 11.9. The molecule has 0 bridgehead atoms. The van der Waals surface area contributed by atoms with Gasteiger partial charge < -0.3 is 18.2 Å². The Bertz CT molecular complexity index is 2770. The molecule has 46 heavy (non-hydrogen) atoms. The van der Waals surface area contributed by atoms with Crippen LogP contribution in [0.15, 0.2) is 159 Å². The molecule has 0 aliphatic heterocycles. The molecule has 0 atom stereocenters. The fourth-order valence-electron chi connectivity index (χ4n) is 6.85. The van der Waals surface area contributed by atoms with E-state index in [9.17, 15) is 0 Å². The highest BCUT2D eigenvalue weighted by molar-refractivity contribution is 6.18. The van der Waals surface area contributed by atoms with Gasteiger partial charge in [-0.3, -0.25) is 0 Å². The van der Waals surface area contributed by atoms with Crippen LogP contribution in [0.1, 0.15) is 0 Å². The summed E-state index contributed by atoms with van der Waals surface area (Å²) in [5.41, 5.74) is 8.72. The highest BCUT2D eigenvalue weighted by Crippen LogP contribution is 2.46. The van der Waals surface area contributed by atoms with E-state index >= 15 is 0 Å². The van der Waals surface area contributed by atoms with Crippen molar-refractivity contribution in [3.05, 3.63) is 146 Å². The summed E-state index contributed by atoms with van der Waals surface area (Å²) in [4.78, 5) is 7.32. The second kappa shape index (κ2) is 9.58. The molecule has 0 saturated heterocycles. The number of benzene rings is 7. The van der Waals surface area contributed by atoms with Crippen LogP contribution in [-0.4, -0.2) is 4.98 Å². The molecule has 0 aliphatic carbocycles. The average Bonchev–Trinajstić information content (AvgIpc) is 3.82. The first-order chi connectivity index (χ1) is 22.8. The number of hydrogen-bond acceptors (Lipinski definition) is 5. The number of fused-ring (bicyclic) bond motifs is 9. The van der Waals surface area contributed by atoms with Crippen molar-refractivity contribution in [2.45, 2.75) is 0 Å². The molecule has 3 heterocycles. The van der Waals surface area contributed by atoms with Gasteiger partial charge in [0.2, 0.25) is 5.89 Å². The Balaban J connectivity index is 1.24. The predicted octanol–water partition coefficient (Wildman–Crippen LogP) is 11.9. The maximum atomic E-state index is 6.52. The molecular weight excluding hydrogens is 568 g/mol. The molecule has 0 spiro atoms. The monoisotopic (exact) mass is 592 g/mol. The van der Waals surface area contributed by atoms with E-state index in [4.69, 9.17) is 18.2 Å². The molecule has 10 rings (SSSR count). The summed E-state index contributed by atoms with van der Waals surface area (Å²) in [5.74, 6) is 0.560. The maximum Gasteiger partial charge on any atom is 0.228 e. The second-order valence-corrected chi connectivity index (χ2v) is 11.5. The van der Waals surface area contributed by atoms with Crippen LogP contribution in [0.2, 0.25) is 0 Å². The number of oxazole rings is 1. The van der Waals surface area contributed by atoms with Crippen LogP contribution < -0.4 is 4.90 Å². The lowest BCUT2D eigenvalue weighted by Gasteiger charge is -2.26. The molecule has 0 aliphatic rings. The van der Waals surface area contributed by atoms with E-state index in [0.29, 0.717) is 5.89 Å². The first kappa shape index (κ1) is 25.0. The van der Waals surface area contributed by atoms with E-state index in [1.54, 1.807) is 0 Å². The van der Waals surface area contributed by atoms with Crippen molar-refractivity contribution in [1.82, 2.24) is 4.98 Å². The Labute approximate surface area is 262 Å². The molecular formula is C41H24N2O3. The van der Waals surface area contributed by atoms with Gasteiger partial charge in [-0.1, -0.05) is 78.9 Å². The van der Waals surface area contributed by atoms with Gasteiger partial charge in [0.15, 0.2) is 5.58 Å². The van der Waals surface area contributed by atoms with Crippen LogP contribution in [0.3, 0.4) is 0 Å². The van der Waals surface area contributed by atoms with Gasteiger partial charge >= 0.3 is 0 Å². The maximum absolute atomic E-state index is 6.52. The number of furan rings is 2. The third-order valence-corrected chi connectivity index (χ3v) is 8.89. The quantitative estimate of drug-likeness (QED) is 0.203. The lowest BCUT2D eigenvalue weighted by atomic mass is 10.0. The van der Waals surface area contributed by atoms with Crippen molar-refractivity contribution in [3.63, 3.8) is 0 Å². The molecule has 0 N–H and O–H groups in total. The summed E-state index contributed by atoms with van der Waals surface area (Å²) in [6.45, 7) is 0. The lowest BCUT2D eigenvalue weighted by Crippen LogP contribution is -2.10. The molecule has 0 fully saturated rings. The Morgan fingerprint density at radius 2 is 1.15 bits per heavy atom. The van der Waals surface area contributed by atoms with E-state index in [1.165, 1.54) is 0 Å². The van der Waals surface area contributed by atoms with E-state index in [0.717, 1.165) is 88.4 Å². The Morgan fingerprint density at radius 1 is 0.435 bits per heavy atom. The highest BCUT2D eigenvalue weighted by atomic mass is 16.4. The van der Waals surface area contributed by atoms with E-state index < -0.39 is 0 Å². The molecule has 3 aromatic heterocycles. The van der Waals surface area contributed by atoms with Crippen molar-refractivity contribution in [2.75, 3.05) is 4.90 Å². The summed E-state index contributed by atoms with van der Waals surface area (Å²) in [7, 11) is 0. The van der Waals surface area contributed by atoms with Crippen molar-refractivity contribution < 1.29 is 13.3 Å². The third kappa shape index (κ3) is 3.66. The van der Waals surface area contributed by atoms with Crippen LogP contribution in [0.4, 0.5) is 17.1 Å². The fraction of sp³-hybridized carbons (Fsp3) is 0. The van der Waals surface area contributed by atoms with Crippen molar-refractivity contribution in [3.8, 4) is 11.5 Å². The van der Waals surface area contributed by atoms with Crippen LogP contribution in [0.5, 0.6) is 0 Å². The van der Waals surface area contributed by atoms with Crippen LogP contribution in [-0.2, 0) is 0 Å². The number of hydrogen-bond donors (Lipinski definition) is 0. The van der Waals surface area contributed by atoms with Crippen LogP contribution >= 0.6 is 0 Å². The lowest BCUT2D eigenvalue weighted by molar-refractivity contribution is 0.620. The number of para-hydroxylation sites is 2. The topological polar surface area (TPSA) is 55.6 Å². The van der Waals surface area contributed by atoms with Gasteiger partial charge in [0.05, 0.1) is 11.1 Å². The first-order valence-electron chi connectivity index (χ1n) is 15.3. The fourth-order valence-corrected chi connectivity index (χ4v) is 6.85. The summed E-state index contributed by atoms with van der Waals surface area (Å²) in [6.07, 6.45) is 0. The molecule has 5 nitrogen and oxygen atoms in total. The summed E-state index contributed by atoms with van der Waals surface area (Å²) in [6, 6.07) is 49.6. The van der Waals surface area contributed by atoms with Gasteiger partial charge in [-0.2, -0.15) is 0 Å². The molecule has 0 amide bonds. The van der Waals surface area contributed by atoms with E-state index in [2.05, 4.69) is 83.8 Å². The smallest absolute Gasteiger partial charge is 0.228 e. The van der Waals surface area contributed by atoms with Crippen molar-refractivity contribution in [2.24, 2.45) is 0 Å². The zero-order valence-corrected chi connectivity index (χ0v) is 24.5. The minimum Gasteiger partial charge on any atom is -0.456 e. The van der Waals surface area contributed by atoms with Crippen molar-refractivity contribution in [1.29, 1.82) is 0 Å². The largest absolute Gasteiger partial charge is 0.456 e. The average molecular weight is 593 g/mol.